The zero-order chi connectivity index (χ0) is 14.0. The monoisotopic (exact) mass is 282 g/mol. The minimum absolute atomic E-state index is 0.337. The first-order valence-corrected chi connectivity index (χ1v) is 7.28. The number of aromatic nitrogens is 2. The topological polar surface area (TPSA) is 70.4 Å². The van der Waals surface area contributed by atoms with Crippen LogP contribution in [0.2, 0.25) is 0 Å². The van der Waals surface area contributed by atoms with E-state index in [1.807, 2.05) is 0 Å². The van der Waals surface area contributed by atoms with Crippen LogP contribution >= 0.6 is 0 Å². The Morgan fingerprint density at radius 3 is 2.42 bits per heavy atom. The van der Waals surface area contributed by atoms with Crippen molar-refractivity contribution in [2.75, 3.05) is 20.5 Å². The summed E-state index contributed by atoms with van der Waals surface area (Å²) >= 11 is 0. The summed E-state index contributed by atoms with van der Waals surface area (Å²) in [6.07, 6.45) is 3.97. The Balaban J connectivity index is 2.58. The highest BCUT2D eigenvalue weighted by Crippen LogP contribution is 2.31. The van der Waals surface area contributed by atoms with Crippen molar-refractivity contribution in [3.05, 3.63) is 30.6 Å². The van der Waals surface area contributed by atoms with E-state index in [0.717, 1.165) is 10.2 Å². The van der Waals surface area contributed by atoms with Gasteiger partial charge < -0.3 is 9.47 Å². The molecule has 1 heterocycles. The van der Waals surface area contributed by atoms with Crippen LogP contribution in [0.1, 0.15) is 0 Å². The van der Waals surface area contributed by atoms with Gasteiger partial charge in [0.25, 0.3) is 0 Å². The van der Waals surface area contributed by atoms with Crippen LogP contribution in [0, 0.1) is 0 Å². The summed E-state index contributed by atoms with van der Waals surface area (Å²) in [5, 5.41) is 0. The third-order valence-electron chi connectivity index (χ3n) is 2.61. The number of rotatable bonds is 4. The third kappa shape index (κ3) is 2.55. The van der Waals surface area contributed by atoms with Crippen molar-refractivity contribution in [1.82, 2.24) is 8.96 Å². The molecule has 0 aliphatic carbocycles. The second-order valence-corrected chi connectivity index (χ2v) is 5.74. The Hall–Kier alpha value is -2.02. The number of benzene rings is 1. The van der Waals surface area contributed by atoms with Crippen molar-refractivity contribution in [1.29, 1.82) is 0 Å². The minimum Gasteiger partial charge on any atom is -0.493 e. The lowest BCUT2D eigenvalue weighted by molar-refractivity contribution is 0.355. The van der Waals surface area contributed by atoms with Crippen LogP contribution in [0.4, 0.5) is 0 Å². The lowest BCUT2D eigenvalue weighted by Gasteiger charge is -2.10. The summed E-state index contributed by atoms with van der Waals surface area (Å²) in [4.78, 5) is 4.07. The lowest BCUT2D eigenvalue weighted by atomic mass is 10.2. The molecule has 0 fully saturated rings. The molecule has 0 spiro atoms. The molecular weight excluding hydrogens is 268 g/mol. The van der Waals surface area contributed by atoms with Crippen LogP contribution < -0.4 is 9.47 Å². The highest BCUT2D eigenvalue weighted by molar-refractivity contribution is 7.89. The third-order valence-corrected chi connectivity index (χ3v) is 3.62. The Labute approximate surface area is 111 Å². The Morgan fingerprint density at radius 2 is 1.84 bits per heavy atom. The molecule has 0 atom stereocenters. The van der Waals surface area contributed by atoms with Crippen molar-refractivity contribution in [2.24, 2.45) is 0 Å². The van der Waals surface area contributed by atoms with Crippen LogP contribution in [0.25, 0.3) is 11.4 Å². The van der Waals surface area contributed by atoms with Crippen LogP contribution in [0.5, 0.6) is 11.5 Å². The maximum Gasteiger partial charge on any atom is 0.237 e. The summed E-state index contributed by atoms with van der Waals surface area (Å²) in [6, 6.07) is 5.11. The molecule has 0 aliphatic heterocycles. The van der Waals surface area contributed by atoms with Gasteiger partial charge in [0.2, 0.25) is 10.0 Å². The van der Waals surface area contributed by atoms with E-state index in [4.69, 9.17) is 9.47 Å². The Bertz CT molecular complexity index is 692. The highest BCUT2D eigenvalue weighted by Gasteiger charge is 2.15. The van der Waals surface area contributed by atoms with Gasteiger partial charge in [-0.2, -0.15) is 0 Å². The summed E-state index contributed by atoms with van der Waals surface area (Å²) in [5.41, 5.74) is 0.632. The molecule has 7 heteroatoms. The van der Waals surface area contributed by atoms with E-state index >= 15 is 0 Å². The van der Waals surface area contributed by atoms with Gasteiger partial charge >= 0.3 is 0 Å². The number of hydrogen-bond donors (Lipinski definition) is 0. The molecular formula is C12H14N2O4S. The van der Waals surface area contributed by atoms with E-state index in [-0.39, 0.29) is 0 Å². The number of hydrogen-bond acceptors (Lipinski definition) is 5. The van der Waals surface area contributed by atoms with Crippen molar-refractivity contribution >= 4 is 10.0 Å². The molecule has 0 saturated carbocycles. The van der Waals surface area contributed by atoms with Gasteiger partial charge in [0, 0.05) is 18.0 Å². The van der Waals surface area contributed by atoms with Crippen molar-refractivity contribution in [3.8, 4) is 22.9 Å². The zero-order valence-corrected chi connectivity index (χ0v) is 11.6. The maximum atomic E-state index is 11.6. The first kappa shape index (κ1) is 13.4. The van der Waals surface area contributed by atoms with E-state index in [9.17, 15) is 8.42 Å². The van der Waals surface area contributed by atoms with E-state index in [2.05, 4.69) is 4.98 Å². The normalized spacial score (nSPS) is 11.3. The van der Waals surface area contributed by atoms with E-state index in [1.54, 1.807) is 18.2 Å². The second kappa shape index (κ2) is 4.93. The second-order valence-electron chi connectivity index (χ2n) is 3.88. The lowest BCUT2D eigenvalue weighted by Crippen LogP contribution is -2.10. The smallest absolute Gasteiger partial charge is 0.237 e. The van der Waals surface area contributed by atoms with Gasteiger partial charge in [-0.25, -0.2) is 17.4 Å². The van der Waals surface area contributed by atoms with Crippen molar-refractivity contribution in [3.63, 3.8) is 0 Å². The molecule has 0 N–H and O–H groups in total. The van der Waals surface area contributed by atoms with Gasteiger partial charge in [0.15, 0.2) is 17.3 Å². The molecule has 0 radical (unpaired) electrons. The fourth-order valence-electron chi connectivity index (χ4n) is 1.74. The summed E-state index contributed by atoms with van der Waals surface area (Å²) in [5.74, 6) is 1.43. The van der Waals surface area contributed by atoms with Crippen molar-refractivity contribution < 1.29 is 17.9 Å². The van der Waals surface area contributed by atoms with Crippen LogP contribution in [-0.2, 0) is 10.0 Å². The fourth-order valence-corrected chi connectivity index (χ4v) is 2.48. The largest absolute Gasteiger partial charge is 0.493 e. The quantitative estimate of drug-likeness (QED) is 0.847. The van der Waals surface area contributed by atoms with Crippen LogP contribution in [0.3, 0.4) is 0 Å². The average molecular weight is 282 g/mol. The molecule has 6 nitrogen and oxygen atoms in total. The number of imidazole rings is 1. The fraction of sp³-hybridized carbons (Fsp3) is 0.250. The van der Waals surface area contributed by atoms with E-state index < -0.39 is 10.0 Å². The predicted octanol–water partition coefficient (Wildman–Crippen LogP) is 1.37. The molecule has 0 unspecified atom stereocenters. The number of nitrogens with zero attached hydrogens (tertiary/aromatic N) is 2. The molecule has 19 heavy (non-hydrogen) atoms. The molecule has 0 bridgehead atoms. The van der Waals surface area contributed by atoms with Crippen LogP contribution in [0.15, 0.2) is 30.6 Å². The summed E-state index contributed by atoms with van der Waals surface area (Å²) in [7, 11) is -0.336. The molecule has 0 amide bonds. The summed E-state index contributed by atoms with van der Waals surface area (Å²) < 4.78 is 34.7. The average Bonchev–Trinajstić information content (AvgIpc) is 2.87. The van der Waals surface area contributed by atoms with Gasteiger partial charge in [0.05, 0.1) is 20.5 Å². The van der Waals surface area contributed by atoms with Gasteiger partial charge in [-0.1, -0.05) is 0 Å². The standard InChI is InChI=1S/C12H14N2O4S/c1-17-10-5-4-9(8-11(10)18-2)12-13-6-7-14(12)19(3,15)16/h4-8H,1-3H3. The molecule has 0 aliphatic rings. The molecule has 2 aromatic rings. The number of methoxy groups -OCH3 is 2. The maximum absolute atomic E-state index is 11.6. The first-order valence-electron chi connectivity index (χ1n) is 5.43. The predicted molar refractivity (Wildman–Crippen MR) is 71.0 cm³/mol. The van der Waals surface area contributed by atoms with E-state index in [1.165, 1.54) is 26.6 Å². The molecule has 2 rings (SSSR count). The van der Waals surface area contributed by atoms with Gasteiger partial charge in [-0.05, 0) is 18.2 Å². The molecule has 102 valence electrons. The SMILES string of the molecule is COc1ccc(-c2nccn2S(C)(=O)=O)cc1OC. The molecule has 1 aromatic carbocycles. The summed E-state index contributed by atoms with van der Waals surface area (Å²) in [6.45, 7) is 0. The van der Waals surface area contributed by atoms with E-state index in [0.29, 0.717) is 22.9 Å². The van der Waals surface area contributed by atoms with Gasteiger partial charge in [-0.3, -0.25) is 0 Å². The Kier molecular flexibility index (Phi) is 3.48. The van der Waals surface area contributed by atoms with Gasteiger partial charge in [-0.15, -0.1) is 0 Å². The Morgan fingerprint density at radius 1 is 1.16 bits per heavy atom. The number of ether oxygens (including phenoxy) is 2. The van der Waals surface area contributed by atoms with Crippen LogP contribution in [-0.4, -0.2) is 37.8 Å². The van der Waals surface area contributed by atoms with Gasteiger partial charge in [0.1, 0.15) is 0 Å². The van der Waals surface area contributed by atoms with Crippen molar-refractivity contribution in [2.45, 2.75) is 0 Å². The first-order chi connectivity index (χ1) is 8.97. The minimum atomic E-state index is -3.39. The zero-order valence-electron chi connectivity index (χ0n) is 10.8. The highest BCUT2D eigenvalue weighted by atomic mass is 32.2. The molecule has 1 aromatic heterocycles. The molecule has 0 saturated heterocycles.